The number of rotatable bonds is 7. The van der Waals surface area contributed by atoms with Crippen LogP contribution in [0.25, 0.3) is 11.3 Å². The van der Waals surface area contributed by atoms with Crippen molar-refractivity contribution in [3.05, 3.63) is 70.0 Å². The van der Waals surface area contributed by atoms with Crippen LogP contribution in [-0.2, 0) is 0 Å². The Morgan fingerprint density at radius 1 is 1.22 bits per heavy atom. The number of hydrogen-bond acceptors (Lipinski definition) is 7. The van der Waals surface area contributed by atoms with E-state index in [1.807, 2.05) is 6.07 Å². The van der Waals surface area contributed by atoms with Crippen LogP contribution in [0.5, 0.6) is 11.5 Å². The van der Waals surface area contributed by atoms with Gasteiger partial charge >= 0.3 is 6.18 Å². The van der Waals surface area contributed by atoms with E-state index >= 15 is 0 Å². The molecule has 32 heavy (non-hydrogen) atoms. The molecule has 2 aromatic carbocycles. The fourth-order valence-corrected chi connectivity index (χ4v) is 2.65. The lowest BCUT2D eigenvalue weighted by Gasteiger charge is -2.12. The second kappa shape index (κ2) is 9.65. The molecule has 0 aliphatic carbocycles. The Hall–Kier alpha value is -4.33. The van der Waals surface area contributed by atoms with Gasteiger partial charge in [-0.05, 0) is 23.8 Å². The highest BCUT2D eigenvalue weighted by atomic mass is 19.4. The zero-order valence-corrected chi connectivity index (χ0v) is 16.6. The van der Waals surface area contributed by atoms with Crippen LogP contribution in [0.1, 0.15) is 11.1 Å². The second-order valence-electron chi connectivity index (χ2n) is 6.30. The molecule has 1 heterocycles. The minimum absolute atomic E-state index is 0.00111. The largest absolute Gasteiger partial charge is 0.493 e. The summed E-state index contributed by atoms with van der Waals surface area (Å²) < 4.78 is 46.8. The number of hydrogen-bond donors (Lipinski definition) is 2. The van der Waals surface area contributed by atoms with Crippen LogP contribution in [0, 0.1) is 11.3 Å². The molecule has 11 heteroatoms. The Kier molecular flexibility index (Phi) is 6.74. The summed E-state index contributed by atoms with van der Waals surface area (Å²) in [5.74, 6) is 0.0243. The molecule has 0 bridgehead atoms. The standard InChI is InChI=1S/C21H16F3N5O3/c1-31-17-9-13(7-8-16(17)32-12-21(22,23)24)11-26-29-20-27-18(14-5-3-2-4-6-14)15(10-25)19(30)28-20/h2-9,11H,12H2,1H3,(H2,27,28,29,30). The number of alkyl halides is 3. The maximum atomic E-state index is 12.4. The van der Waals surface area contributed by atoms with Crippen LogP contribution >= 0.6 is 0 Å². The molecule has 0 spiro atoms. The van der Waals surface area contributed by atoms with Gasteiger partial charge in [-0.25, -0.2) is 10.4 Å². The van der Waals surface area contributed by atoms with E-state index in [4.69, 9.17) is 9.47 Å². The van der Waals surface area contributed by atoms with Crippen molar-refractivity contribution in [2.24, 2.45) is 5.10 Å². The number of nitriles is 1. The first-order valence-corrected chi connectivity index (χ1v) is 9.07. The number of ether oxygens (including phenoxy) is 2. The van der Waals surface area contributed by atoms with Gasteiger partial charge in [0.25, 0.3) is 5.56 Å². The molecule has 164 valence electrons. The number of aromatic amines is 1. The number of hydrazone groups is 1. The van der Waals surface area contributed by atoms with Gasteiger partial charge in [-0.3, -0.25) is 9.78 Å². The van der Waals surface area contributed by atoms with Gasteiger partial charge in [0.2, 0.25) is 5.95 Å². The number of H-pyrrole nitrogens is 1. The first-order chi connectivity index (χ1) is 15.3. The lowest BCUT2D eigenvalue weighted by Crippen LogP contribution is -2.19. The number of methoxy groups -OCH3 is 1. The number of anilines is 1. The SMILES string of the molecule is COc1cc(C=NNc2nc(-c3ccccc3)c(C#N)c(=O)[nH]2)ccc1OCC(F)(F)F. The van der Waals surface area contributed by atoms with Crippen LogP contribution in [0.2, 0.25) is 0 Å². The quantitative estimate of drug-likeness (QED) is 0.425. The minimum Gasteiger partial charge on any atom is -0.493 e. The molecule has 3 aromatic rings. The van der Waals surface area contributed by atoms with Gasteiger partial charge < -0.3 is 9.47 Å². The molecule has 1 aromatic heterocycles. The average Bonchev–Trinajstić information content (AvgIpc) is 2.77. The van der Waals surface area contributed by atoms with Crippen LogP contribution in [-0.4, -0.2) is 36.1 Å². The fraction of sp³-hybridized carbons (Fsp3) is 0.143. The van der Waals surface area contributed by atoms with Crippen LogP contribution < -0.4 is 20.5 Å². The van der Waals surface area contributed by atoms with Crippen LogP contribution in [0.15, 0.2) is 58.4 Å². The predicted molar refractivity (Wildman–Crippen MR) is 111 cm³/mol. The topological polar surface area (TPSA) is 112 Å². The average molecular weight is 443 g/mol. The number of nitrogens with zero attached hydrogens (tertiary/aromatic N) is 3. The van der Waals surface area contributed by atoms with Crippen molar-refractivity contribution in [1.82, 2.24) is 9.97 Å². The zero-order chi connectivity index (χ0) is 23.1. The number of aromatic nitrogens is 2. The fourth-order valence-electron chi connectivity index (χ4n) is 2.65. The van der Waals surface area contributed by atoms with Gasteiger partial charge in [-0.15, -0.1) is 0 Å². The number of halogens is 3. The smallest absolute Gasteiger partial charge is 0.422 e. The Morgan fingerprint density at radius 2 is 1.97 bits per heavy atom. The Bertz CT molecular complexity index is 1220. The molecule has 3 rings (SSSR count). The van der Waals surface area contributed by atoms with Crippen molar-refractivity contribution in [3.8, 4) is 28.8 Å². The van der Waals surface area contributed by atoms with E-state index in [-0.39, 0.29) is 28.7 Å². The summed E-state index contributed by atoms with van der Waals surface area (Å²) in [4.78, 5) is 18.9. The van der Waals surface area contributed by atoms with Gasteiger partial charge in [0.05, 0.1) is 19.0 Å². The van der Waals surface area contributed by atoms with E-state index in [0.717, 1.165) is 0 Å². The monoisotopic (exact) mass is 443 g/mol. The van der Waals surface area contributed by atoms with Crippen molar-refractivity contribution >= 4 is 12.2 Å². The summed E-state index contributed by atoms with van der Waals surface area (Å²) in [5, 5.41) is 13.3. The molecule has 0 amide bonds. The second-order valence-corrected chi connectivity index (χ2v) is 6.30. The molecular formula is C21H16F3N5O3. The molecule has 0 unspecified atom stereocenters. The third kappa shape index (κ3) is 5.63. The minimum atomic E-state index is -4.47. The highest BCUT2D eigenvalue weighted by molar-refractivity contribution is 5.81. The molecule has 8 nitrogen and oxygen atoms in total. The molecule has 0 aliphatic rings. The Balaban J connectivity index is 1.80. The molecule has 0 aliphatic heterocycles. The Morgan fingerprint density at radius 3 is 2.62 bits per heavy atom. The van der Waals surface area contributed by atoms with E-state index in [1.54, 1.807) is 30.3 Å². The number of nitrogens with one attached hydrogen (secondary N) is 2. The molecular weight excluding hydrogens is 427 g/mol. The van der Waals surface area contributed by atoms with Gasteiger partial charge in [0.1, 0.15) is 11.6 Å². The highest BCUT2D eigenvalue weighted by Crippen LogP contribution is 2.29. The van der Waals surface area contributed by atoms with Crippen molar-refractivity contribution in [2.75, 3.05) is 19.1 Å². The van der Waals surface area contributed by atoms with E-state index in [9.17, 15) is 23.2 Å². The lowest BCUT2D eigenvalue weighted by molar-refractivity contribution is -0.153. The van der Waals surface area contributed by atoms with E-state index in [2.05, 4.69) is 20.5 Å². The third-order valence-corrected chi connectivity index (χ3v) is 4.04. The Labute approximate surface area is 180 Å². The summed E-state index contributed by atoms with van der Waals surface area (Å²) in [5.41, 5.74) is 3.06. The van der Waals surface area contributed by atoms with Gasteiger partial charge in [-0.1, -0.05) is 30.3 Å². The summed E-state index contributed by atoms with van der Waals surface area (Å²) in [6.45, 7) is -1.44. The predicted octanol–water partition coefficient (Wildman–Crippen LogP) is 3.70. The molecule has 2 N–H and O–H groups in total. The van der Waals surface area contributed by atoms with E-state index in [0.29, 0.717) is 11.1 Å². The normalized spacial score (nSPS) is 11.2. The molecule has 0 saturated heterocycles. The maximum absolute atomic E-state index is 12.4. The zero-order valence-electron chi connectivity index (χ0n) is 16.6. The van der Waals surface area contributed by atoms with Gasteiger partial charge in [0.15, 0.2) is 18.1 Å². The lowest BCUT2D eigenvalue weighted by atomic mass is 10.1. The first-order valence-electron chi connectivity index (χ1n) is 9.07. The maximum Gasteiger partial charge on any atom is 0.422 e. The summed E-state index contributed by atoms with van der Waals surface area (Å²) >= 11 is 0. The van der Waals surface area contributed by atoms with E-state index < -0.39 is 18.3 Å². The molecule has 0 atom stereocenters. The highest BCUT2D eigenvalue weighted by Gasteiger charge is 2.29. The van der Waals surface area contributed by atoms with Gasteiger partial charge in [0, 0.05) is 5.56 Å². The van der Waals surface area contributed by atoms with Crippen molar-refractivity contribution in [1.29, 1.82) is 5.26 Å². The molecule has 0 fully saturated rings. The van der Waals surface area contributed by atoms with Crippen molar-refractivity contribution < 1.29 is 22.6 Å². The van der Waals surface area contributed by atoms with Crippen molar-refractivity contribution in [3.63, 3.8) is 0 Å². The molecule has 0 radical (unpaired) electrons. The van der Waals surface area contributed by atoms with Crippen LogP contribution in [0.4, 0.5) is 19.1 Å². The molecule has 0 saturated carbocycles. The summed E-state index contributed by atoms with van der Waals surface area (Å²) in [7, 11) is 1.30. The summed E-state index contributed by atoms with van der Waals surface area (Å²) in [6, 6.07) is 14.8. The van der Waals surface area contributed by atoms with Crippen LogP contribution in [0.3, 0.4) is 0 Å². The summed E-state index contributed by atoms with van der Waals surface area (Å²) in [6.07, 6.45) is -3.13. The first kappa shape index (κ1) is 22.4. The number of benzene rings is 2. The van der Waals surface area contributed by atoms with Gasteiger partial charge in [-0.2, -0.15) is 23.5 Å². The van der Waals surface area contributed by atoms with Crippen molar-refractivity contribution in [2.45, 2.75) is 6.18 Å². The van der Waals surface area contributed by atoms with E-state index in [1.165, 1.54) is 31.5 Å². The third-order valence-electron chi connectivity index (χ3n) is 4.04.